The second-order valence-corrected chi connectivity index (χ2v) is 12.3. The molecule has 13 heteroatoms. The molecule has 0 aliphatic carbocycles. The quantitative estimate of drug-likeness (QED) is 0.0451. The number of anilines is 4. The Morgan fingerprint density at radius 1 is 0.500 bits per heavy atom. The fraction of sp³-hybridized carbons (Fsp3) is 0.704. The molecule has 0 saturated carbocycles. The predicted molar refractivity (Wildman–Crippen MR) is 158 cm³/mol. The maximum atomic E-state index is 11.9. The molecule has 40 heavy (non-hydrogen) atoms. The Balaban J connectivity index is 0.00000760. The van der Waals surface area contributed by atoms with Crippen molar-refractivity contribution in [3.05, 3.63) is 40.9 Å². The first-order chi connectivity index (χ1) is 17.7. The molecule has 0 fully saturated rings. The Morgan fingerprint density at radius 2 is 0.750 bits per heavy atom. The van der Waals surface area contributed by atoms with Gasteiger partial charge >= 0.3 is 0 Å². The highest BCUT2D eigenvalue weighted by Crippen LogP contribution is 2.15. The van der Waals surface area contributed by atoms with E-state index < -0.39 is 21.7 Å². The van der Waals surface area contributed by atoms with E-state index in [0.29, 0.717) is 48.9 Å². The van der Waals surface area contributed by atoms with Crippen LogP contribution in [-0.4, -0.2) is 116 Å². The minimum atomic E-state index is -0.445. The van der Waals surface area contributed by atoms with Crippen LogP contribution < -0.4 is 90.9 Å². The molecule has 11 nitrogen and oxygen atoms in total. The first-order valence-corrected chi connectivity index (χ1v) is 13.6. The highest BCUT2D eigenvalue weighted by Gasteiger charge is 2.21. The maximum Gasteiger partial charge on any atom is 0.253 e. The summed E-state index contributed by atoms with van der Waals surface area (Å²) >= 11 is 0. The third kappa shape index (κ3) is 12.7. The summed E-state index contributed by atoms with van der Waals surface area (Å²) in [5.74, 6) is 0. The van der Waals surface area contributed by atoms with Gasteiger partial charge in [-0.1, -0.05) is 0 Å². The molecule has 0 amide bonds. The van der Waals surface area contributed by atoms with Crippen molar-refractivity contribution in [1.29, 1.82) is 0 Å². The molecule has 0 aliphatic heterocycles. The van der Waals surface area contributed by atoms with Gasteiger partial charge in [-0.25, -0.2) is 0 Å². The Hall–Kier alpha value is -1.30. The number of nitrogens with one attached hydrogen (secondary N) is 4. The normalized spacial score (nSPS) is 11.8. The lowest BCUT2D eigenvalue weighted by Crippen LogP contribution is -3.00. The van der Waals surface area contributed by atoms with Crippen molar-refractivity contribution >= 4 is 22.7 Å². The van der Waals surface area contributed by atoms with Crippen LogP contribution in [0.2, 0.25) is 0 Å². The molecule has 230 valence electrons. The zero-order valence-electron chi connectivity index (χ0n) is 25.2. The lowest BCUT2D eigenvalue weighted by molar-refractivity contribution is -0.870. The molecule has 0 spiro atoms. The average molecular weight is 790 g/mol. The minimum Gasteiger partial charge on any atom is -1.00 e. The van der Waals surface area contributed by atoms with Crippen LogP contribution in [0, 0.1) is 0 Å². The molecular weight excluding hydrogens is 740 g/mol. The molecule has 0 bridgehead atoms. The summed E-state index contributed by atoms with van der Waals surface area (Å²) in [6.07, 6.45) is 3.47. The maximum absolute atomic E-state index is 11.9. The van der Waals surface area contributed by atoms with Crippen LogP contribution in [0.5, 0.6) is 0 Å². The summed E-state index contributed by atoms with van der Waals surface area (Å²) in [7, 11) is 14.8. The van der Waals surface area contributed by atoms with E-state index in [-0.39, 0.29) is 48.0 Å². The highest BCUT2D eigenvalue weighted by molar-refractivity contribution is 5.74. The van der Waals surface area contributed by atoms with Crippen molar-refractivity contribution in [2.24, 2.45) is 0 Å². The molecule has 0 unspecified atom stereocenters. The molecule has 2 aromatic carbocycles. The number of quaternary nitrogens is 2. The largest absolute Gasteiger partial charge is 1.00 e. The zero-order chi connectivity index (χ0) is 28.5. The molecule has 0 aromatic heterocycles. The van der Waals surface area contributed by atoms with Crippen molar-refractivity contribution < 1.29 is 56.9 Å². The van der Waals surface area contributed by atoms with Crippen LogP contribution in [-0.2, 0) is 0 Å². The third-order valence-corrected chi connectivity index (χ3v) is 6.47. The van der Waals surface area contributed by atoms with Crippen LogP contribution in [0.4, 0.5) is 22.7 Å². The van der Waals surface area contributed by atoms with Gasteiger partial charge in [0.05, 0.1) is 55.4 Å². The first kappa shape index (κ1) is 38.7. The Morgan fingerprint density at radius 3 is 1.00 bits per heavy atom. The standard InChI is InChI=1S/C27H47N7O4.2HI/c1-32(16-8-12-28-20-22(26(37)24(20)35)30-14-10-18-33(2,3)4)17-9-13-29-21-23(27(38)25(21)36)31-15-11-19-34(5,6)7;;/h8-19H2,1-7H3,(H2-2,28,29,30,31,35,36,37,38);2*1H. The van der Waals surface area contributed by atoms with Gasteiger partial charge in [-0.15, -0.1) is 0 Å². The van der Waals surface area contributed by atoms with Crippen LogP contribution in [0.3, 0.4) is 0 Å². The van der Waals surface area contributed by atoms with Gasteiger partial charge < -0.3 is 83.1 Å². The van der Waals surface area contributed by atoms with E-state index in [9.17, 15) is 19.2 Å². The van der Waals surface area contributed by atoms with Crippen molar-refractivity contribution in [3.8, 4) is 0 Å². The SMILES string of the molecule is CN(CCCNc1c(NCCC[N+](C)(C)C)c(=O)c1=O)CCCNc1c(NCCC[N+](C)(C)C)c(=O)c1=O.[I-].[I-]. The van der Waals surface area contributed by atoms with Crippen molar-refractivity contribution in [1.82, 2.24) is 4.90 Å². The van der Waals surface area contributed by atoms with Crippen LogP contribution in [0.1, 0.15) is 25.7 Å². The van der Waals surface area contributed by atoms with Gasteiger partial charge in [0.15, 0.2) is 0 Å². The van der Waals surface area contributed by atoms with Crippen molar-refractivity contribution in [2.75, 3.05) is 123 Å². The Kier molecular flexibility index (Phi) is 17.0. The van der Waals surface area contributed by atoms with Crippen molar-refractivity contribution in [2.45, 2.75) is 25.7 Å². The summed E-state index contributed by atoms with van der Waals surface area (Å²) in [4.78, 5) is 49.9. The second kappa shape index (κ2) is 17.6. The number of hydrogen-bond acceptors (Lipinski definition) is 9. The highest BCUT2D eigenvalue weighted by atomic mass is 127. The summed E-state index contributed by atoms with van der Waals surface area (Å²) in [6, 6.07) is 0. The summed E-state index contributed by atoms with van der Waals surface area (Å²) in [5.41, 5.74) is -0.131. The summed E-state index contributed by atoms with van der Waals surface area (Å²) in [6.45, 7) is 6.15. The molecule has 4 N–H and O–H groups in total. The zero-order valence-corrected chi connectivity index (χ0v) is 29.5. The molecule has 2 aromatic rings. The van der Waals surface area contributed by atoms with Crippen LogP contribution in [0.15, 0.2) is 19.2 Å². The van der Waals surface area contributed by atoms with Gasteiger partial charge in [0.2, 0.25) is 0 Å². The smallest absolute Gasteiger partial charge is 0.253 e. The first-order valence-electron chi connectivity index (χ1n) is 13.6. The molecular formula is C27H49I2N7O4. The lowest BCUT2D eigenvalue weighted by Gasteiger charge is -2.24. The lowest BCUT2D eigenvalue weighted by atomic mass is 10.1. The second-order valence-electron chi connectivity index (χ2n) is 12.3. The molecule has 0 radical (unpaired) electrons. The molecule has 0 aliphatic rings. The van der Waals surface area contributed by atoms with E-state index in [2.05, 4.69) is 68.5 Å². The number of nitrogens with zero attached hydrogens (tertiary/aromatic N) is 3. The minimum absolute atomic E-state index is 0. The number of halogens is 2. The van der Waals surface area contributed by atoms with Crippen LogP contribution >= 0.6 is 0 Å². The summed E-state index contributed by atoms with van der Waals surface area (Å²) < 4.78 is 1.71. The van der Waals surface area contributed by atoms with E-state index in [0.717, 1.165) is 60.8 Å². The monoisotopic (exact) mass is 789 g/mol. The average Bonchev–Trinajstić information content (AvgIpc) is 2.83. The van der Waals surface area contributed by atoms with E-state index in [4.69, 9.17) is 0 Å². The molecule has 0 saturated heterocycles. The van der Waals surface area contributed by atoms with E-state index in [1.165, 1.54) is 0 Å². The fourth-order valence-electron chi connectivity index (χ4n) is 4.23. The van der Waals surface area contributed by atoms with Crippen molar-refractivity contribution in [3.63, 3.8) is 0 Å². The fourth-order valence-corrected chi connectivity index (χ4v) is 4.23. The van der Waals surface area contributed by atoms with Gasteiger partial charge in [-0.05, 0) is 33.0 Å². The van der Waals surface area contributed by atoms with Gasteiger partial charge in [0, 0.05) is 39.0 Å². The van der Waals surface area contributed by atoms with E-state index in [1.807, 2.05) is 7.05 Å². The Bertz CT molecular complexity index is 1080. The van der Waals surface area contributed by atoms with Gasteiger partial charge in [-0.2, -0.15) is 0 Å². The number of rotatable bonds is 20. The molecule has 0 atom stereocenters. The molecule has 0 heterocycles. The third-order valence-electron chi connectivity index (χ3n) is 6.47. The van der Waals surface area contributed by atoms with Gasteiger partial charge in [0.25, 0.3) is 21.7 Å². The summed E-state index contributed by atoms with van der Waals surface area (Å²) in [5, 5.41) is 12.5. The van der Waals surface area contributed by atoms with E-state index >= 15 is 0 Å². The topological polar surface area (TPSA) is 120 Å². The Labute approximate surface area is 272 Å². The molecule has 2 rings (SSSR count). The number of hydrogen-bond donors (Lipinski definition) is 4. The predicted octanol–water partition coefficient (Wildman–Crippen LogP) is -5.86. The van der Waals surface area contributed by atoms with Gasteiger partial charge in [-0.3, -0.25) is 19.2 Å². The van der Waals surface area contributed by atoms with Gasteiger partial charge in [0.1, 0.15) is 22.7 Å². The van der Waals surface area contributed by atoms with Crippen LogP contribution in [0.25, 0.3) is 0 Å². The van der Waals surface area contributed by atoms with E-state index in [1.54, 1.807) is 0 Å².